The van der Waals surface area contributed by atoms with Crippen LogP contribution in [0, 0.1) is 5.92 Å². The molecule has 5 aromatic rings. The average molecular weight is 543 g/mol. The van der Waals surface area contributed by atoms with Crippen molar-refractivity contribution in [2.75, 3.05) is 18.8 Å². The molecule has 8 heteroatoms. The van der Waals surface area contributed by atoms with E-state index in [1.54, 1.807) is 28.8 Å². The number of amides is 1. The minimum Gasteiger partial charge on any atom is -0.349 e. The van der Waals surface area contributed by atoms with E-state index in [9.17, 15) is 9.59 Å². The van der Waals surface area contributed by atoms with Gasteiger partial charge < -0.3 is 9.88 Å². The Kier molecular flexibility index (Phi) is 6.96. The molecule has 0 unspecified atom stereocenters. The van der Waals surface area contributed by atoms with Crippen LogP contribution in [0.15, 0.2) is 88.8 Å². The van der Waals surface area contributed by atoms with Gasteiger partial charge >= 0.3 is 0 Å². The van der Waals surface area contributed by atoms with Gasteiger partial charge in [-0.25, -0.2) is 4.98 Å². The maximum absolute atomic E-state index is 13.7. The SMILES string of the molecule is O=C(CSc1nc2c([nH]c3ccccc32)c(=O)n1-c1ccc(Cl)cc1)N1CCC(Cc2ccccc2)CC1. The summed E-state index contributed by atoms with van der Waals surface area (Å²) in [7, 11) is 0. The summed E-state index contributed by atoms with van der Waals surface area (Å²) in [6.45, 7) is 1.52. The van der Waals surface area contributed by atoms with Gasteiger partial charge in [0.15, 0.2) is 5.16 Å². The number of para-hydroxylation sites is 1. The van der Waals surface area contributed by atoms with Gasteiger partial charge in [0.05, 0.1) is 11.4 Å². The Morgan fingerprint density at radius 1 is 0.974 bits per heavy atom. The van der Waals surface area contributed by atoms with E-state index in [4.69, 9.17) is 16.6 Å². The molecule has 0 spiro atoms. The Labute approximate surface area is 229 Å². The number of rotatable bonds is 6. The molecule has 3 aromatic carbocycles. The molecule has 0 bridgehead atoms. The van der Waals surface area contributed by atoms with E-state index >= 15 is 0 Å². The van der Waals surface area contributed by atoms with E-state index in [0.29, 0.717) is 32.8 Å². The van der Waals surface area contributed by atoms with Crippen LogP contribution >= 0.6 is 23.4 Å². The van der Waals surface area contributed by atoms with Crippen molar-refractivity contribution in [1.82, 2.24) is 19.4 Å². The number of thioether (sulfide) groups is 1. The lowest BCUT2D eigenvalue weighted by Crippen LogP contribution is -2.40. The lowest BCUT2D eigenvalue weighted by atomic mass is 9.90. The monoisotopic (exact) mass is 542 g/mol. The van der Waals surface area contributed by atoms with Crippen LogP contribution in [-0.4, -0.2) is 44.2 Å². The van der Waals surface area contributed by atoms with E-state index in [0.717, 1.165) is 43.3 Å². The number of benzene rings is 3. The second-order valence-corrected chi connectivity index (χ2v) is 11.1. The van der Waals surface area contributed by atoms with Crippen molar-refractivity contribution < 1.29 is 4.79 Å². The smallest absolute Gasteiger partial charge is 0.283 e. The first-order valence-corrected chi connectivity index (χ1v) is 14.2. The van der Waals surface area contributed by atoms with Gasteiger partial charge in [-0.05, 0) is 61.1 Å². The highest BCUT2D eigenvalue weighted by Gasteiger charge is 2.24. The van der Waals surface area contributed by atoms with Gasteiger partial charge in [-0.1, -0.05) is 71.9 Å². The maximum Gasteiger partial charge on any atom is 0.283 e. The molecule has 1 aliphatic rings. The van der Waals surface area contributed by atoms with Crippen LogP contribution in [0.4, 0.5) is 0 Å². The van der Waals surface area contributed by atoms with Crippen LogP contribution in [0.25, 0.3) is 27.6 Å². The van der Waals surface area contributed by atoms with Gasteiger partial charge in [0.2, 0.25) is 5.91 Å². The van der Waals surface area contributed by atoms with Crippen LogP contribution in [0.1, 0.15) is 18.4 Å². The molecular formula is C30H27ClN4O2S. The highest BCUT2D eigenvalue weighted by atomic mass is 35.5. The number of likely N-dealkylation sites (tertiary alicyclic amines) is 1. The number of fused-ring (bicyclic) bond motifs is 3. The number of aromatic amines is 1. The molecule has 1 N–H and O–H groups in total. The molecule has 0 radical (unpaired) electrons. The first kappa shape index (κ1) is 24.8. The predicted octanol–water partition coefficient (Wildman–Crippen LogP) is 6.09. The van der Waals surface area contributed by atoms with Crippen LogP contribution < -0.4 is 5.56 Å². The third-order valence-electron chi connectivity index (χ3n) is 7.24. The summed E-state index contributed by atoms with van der Waals surface area (Å²) in [4.78, 5) is 37.0. The summed E-state index contributed by atoms with van der Waals surface area (Å²) in [6.07, 6.45) is 3.06. The molecule has 38 heavy (non-hydrogen) atoms. The zero-order valence-electron chi connectivity index (χ0n) is 20.8. The Hall–Kier alpha value is -3.55. The fraction of sp³-hybridized carbons (Fsp3) is 0.233. The summed E-state index contributed by atoms with van der Waals surface area (Å²) in [5, 5.41) is 1.96. The average Bonchev–Trinajstić information content (AvgIpc) is 3.32. The number of hydrogen-bond acceptors (Lipinski definition) is 4. The normalized spacial score (nSPS) is 14.4. The molecule has 0 atom stereocenters. The number of aromatic nitrogens is 3. The van der Waals surface area contributed by atoms with Gasteiger partial charge in [-0.2, -0.15) is 0 Å². The lowest BCUT2D eigenvalue weighted by molar-refractivity contribution is -0.129. The number of nitrogens with one attached hydrogen (secondary N) is 1. The van der Waals surface area contributed by atoms with Gasteiger partial charge in [0.25, 0.3) is 5.56 Å². The van der Waals surface area contributed by atoms with E-state index in [2.05, 4.69) is 29.2 Å². The number of nitrogens with zero attached hydrogens (tertiary/aromatic N) is 3. The molecule has 1 saturated heterocycles. The topological polar surface area (TPSA) is 71.0 Å². The largest absolute Gasteiger partial charge is 0.349 e. The van der Waals surface area contributed by atoms with Crippen molar-refractivity contribution in [3.63, 3.8) is 0 Å². The van der Waals surface area contributed by atoms with Crippen molar-refractivity contribution in [3.8, 4) is 5.69 Å². The number of piperidine rings is 1. The van der Waals surface area contributed by atoms with Crippen LogP contribution in [0.2, 0.25) is 5.02 Å². The van der Waals surface area contributed by atoms with Gasteiger partial charge in [0.1, 0.15) is 11.0 Å². The highest BCUT2D eigenvalue weighted by Crippen LogP contribution is 2.28. The molecule has 1 amide bonds. The predicted molar refractivity (Wildman–Crippen MR) is 154 cm³/mol. The third-order valence-corrected chi connectivity index (χ3v) is 8.41. The fourth-order valence-corrected chi connectivity index (χ4v) is 6.24. The lowest BCUT2D eigenvalue weighted by Gasteiger charge is -2.32. The second kappa shape index (κ2) is 10.7. The summed E-state index contributed by atoms with van der Waals surface area (Å²) < 4.78 is 1.57. The van der Waals surface area contributed by atoms with E-state index in [1.807, 2.05) is 35.2 Å². The molecule has 0 saturated carbocycles. The molecule has 0 aliphatic carbocycles. The third kappa shape index (κ3) is 4.96. The fourth-order valence-electron chi connectivity index (χ4n) is 5.21. The number of H-pyrrole nitrogens is 1. The minimum absolute atomic E-state index is 0.0732. The first-order valence-electron chi connectivity index (χ1n) is 12.8. The van der Waals surface area contributed by atoms with E-state index in [1.165, 1.54) is 17.3 Å². The Morgan fingerprint density at radius 2 is 1.68 bits per heavy atom. The van der Waals surface area contributed by atoms with Gasteiger partial charge in [0, 0.05) is 29.0 Å². The molecule has 6 nitrogen and oxygen atoms in total. The Morgan fingerprint density at radius 3 is 2.45 bits per heavy atom. The standard InChI is InChI=1S/C30H27ClN4O2S/c31-22-10-12-23(13-11-22)35-29(37)28-27(24-8-4-5-9-25(24)32-28)33-30(35)38-19-26(36)34-16-14-21(15-17-34)18-20-6-2-1-3-7-20/h1-13,21,32H,14-19H2. The summed E-state index contributed by atoms with van der Waals surface area (Å²) in [5.41, 5.74) is 3.72. The van der Waals surface area contributed by atoms with Crippen LogP contribution in [0.5, 0.6) is 0 Å². The summed E-state index contributed by atoms with van der Waals surface area (Å²) >= 11 is 7.41. The quantitative estimate of drug-likeness (QED) is 0.208. The van der Waals surface area contributed by atoms with Crippen molar-refractivity contribution in [1.29, 1.82) is 0 Å². The number of halogens is 1. The van der Waals surface area contributed by atoms with E-state index in [-0.39, 0.29) is 17.2 Å². The maximum atomic E-state index is 13.7. The summed E-state index contributed by atoms with van der Waals surface area (Å²) in [6, 6.07) is 25.4. The zero-order valence-corrected chi connectivity index (χ0v) is 22.3. The van der Waals surface area contributed by atoms with Crippen molar-refractivity contribution in [3.05, 3.63) is 99.8 Å². The zero-order chi connectivity index (χ0) is 26.1. The van der Waals surface area contributed by atoms with Crippen LogP contribution in [0.3, 0.4) is 0 Å². The molecule has 1 aliphatic heterocycles. The molecule has 1 fully saturated rings. The van der Waals surface area contributed by atoms with Crippen molar-refractivity contribution >= 4 is 51.2 Å². The van der Waals surface area contributed by atoms with Crippen molar-refractivity contribution in [2.45, 2.75) is 24.4 Å². The first-order chi connectivity index (χ1) is 18.6. The van der Waals surface area contributed by atoms with Crippen molar-refractivity contribution in [2.24, 2.45) is 5.92 Å². The van der Waals surface area contributed by atoms with Gasteiger partial charge in [-0.15, -0.1) is 0 Å². The molecule has 6 rings (SSSR count). The number of hydrogen-bond donors (Lipinski definition) is 1. The molecular weight excluding hydrogens is 516 g/mol. The van der Waals surface area contributed by atoms with E-state index < -0.39 is 0 Å². The van der Waals surface area contributed by atoms with Gasteiger partial charge in [-0.3, -0.25) is 14.2 Å². The Balaban J connectivity index is 1.23. The molecule has 2 aromatic heterocycles. The summed E-state index contributed by atoms with van der Waals surface area (Å²) in [5.74, 6) is 0.885. The van der Waals surface area contributed by atoms with Crippen LogP contribution in [-0.2, 0) is 11.2 Å². The Bertz CT molecular complexity index is 1660. The number of carbonyl (C=O) groups is 1. The minimum atomic E-state index is -0.204. The highest BCUT2D eigenvalue weighted by molar-refractivity contribution is 7.99. The molecule has 3 heterocycles. The second-order valence-electron chi connectivity index (χ2n) is 9.71. The number of carbonyl (C=O) groups excluding carboxylic acids is 1. The molecule has 192 valence electrons.